The molecule has 0 aromatic carbocycles. The van der Waals surface area contributed by atoms with Crippen molar-refractivity contribution in [2.24, 2.45) is 0 Å². The van der Waals surface area contributed by atoms with Crippen LogP contribution in [0.1, 0.15) is 41.5 Å². The number of ether oxygens (including phenoxy) is 1. The van der Waals surface area contributed by atoms with E-state index in [2.05, 4.69) is 5.32 Å². The Hall–Kier alpha value is -1.06. The van der Waals surface area contributed by atoms with Crippen molar-refractivity contribution in [2.75, 3.05) is 6.54 Å². The number of hydrogen-bond acceptors (Lipinski definition) is 3. The molecule has 0 spiro atoms. The predicted molar refractivity (Wildman–Crippen MR) is 55.9 cm³/mol. The molecule has 0 aromatic heterocycles. The summed E-state index contributed by atoms with van der Waals surface area (Å²) >= 11 is 0. The Morgan fingerprint density at radius 1 is 1.21 bits per heavy atom. The summed E-state index contributed by atoms with van der Waals surface area (Å²) in [5.74, 6) is -0.654. The number of esters is 1. The van der Waals surface area contributed by atoms with Crippen molar-refractivity contribution in [3.63, 3.8) is 0 Å². The Labute approximate surface area is 86.0 Å². The van der Waals surface area contributed by atoms with E-state index in [1.807, 2.05) is 13.8 Å². The van der Waals surface area contributed by atoms with Crippen molar-refractivity contribution in [3.8, 4) is 0 Å². The smallest absolute Gasteiger partial charge is 0.325 e. The van der Waals surface area contributed by atoms with Crippen molar-refractivity contribution < 1.29 is 14.3 Å². The minimum Gasteiger partial charge on any atom is -0.459 e. The normalized spacial score (nSPS) is 9.57. The number of rotatable bonds is 2. The first kappa shape index (κ1) is 15.4. The van der Waals surface area contributed by atoms with E-state index in [4.69, 9.17) is 4.74 Å². The van der Waals surface area contributed by atoms with Crippen molar-refractivity contribution in [1.29, 1.82) is 0 Å². The first-order valence-corrected chi connectivity index (χ1v) is 4.77. The highest BCUT2D eigenvalue weighted by atomic mass is 16.6. The van der Waals surface area contributed by atoms with Crippen LogP contribution in [0, 0.1) is 0 Å². The third-order valence-electron chi connectivity index (χ3n) is 0.902. The molecule has 0 rings (SSSR count). The maximum absolute atomic E-state index is 10.9. The summed E-state index contributed by atoms with van der Waals surface area (Å²) in [6.45, 7) is 10.6. The lowest BCUT2D eigenvalue weighted by molar-refractivity contribution is -0.154. The molecule has 1 amide bonds. The summed E-state index contributed by atoms with van der Waals surface area (Å²) in [5.41, 5.74) is -0.491. The van der Waals surface area contributed by atoms with Crippen molar-refractivity contribution in [3.05, 3.63) is 0 Å². The van der Waals surface area contributed by atoms with E-state index < -0.39 is 11.6 Å². The quantitative estimate of drug-likeness (QED) is 0.692. The molecule has 0 aromatic rings. The first-order valence-electron chi connectivity index (χ1n) is 4.77. The number of amides is 1. The Balaban J connectivity index is 0. The summed E-state index contributed by atoms with van der Waals surface area (Å²) in [6.07, 6.45) is 0. The molecule has 4 nitrogen and oxygen atoms in total. The van der Waals surface area contributed by atoms with Crippen LogP contribution in [0.3, 0.4) is 0 Å². The molecule has 0 aliphatic rings. The zero-order valence-corrected chi connectivity index (χ0v) is 9.93. The molecule has 0 heterocycles. The topological polar surface area (TPSA) is 55.4 Å². The van der Waals surface area contributed by atoms with E-state index in [9.17, 15) is 9.59 Å². The molecule has 0 aliphatic carbocycles. The van der Waals surface area contributed by atoms with Crippen molar-refractivity contribution in [1.82, 2.24) is 5.32 Å². The Morgan fingerprint density at radius 3 is 1.93 bits per heavy atom. The van der Waals surface area contributed by atoms with Gasteiger partial charge in [-0.25, -0.2) is 0 Å². The standard InChI is InChI=1S/C8H15NO3.C2H6/c1-6(10)9-5-7(11)12-8(2,3)4;1-2/h5H2,1-4H3,(H,9,10);1-2H3. The minimum absolute atomic E-state index is 0.0629. The molecule has 0 fully saturated rings. The second-order valence-corrected chi connectivity index (χ2v) is 3.50. The highest BCUT2D eigenvalue weighted by molar-refractivity contribution is 5.80. The van der Waals surface area contributed by atoms with Gasteiger partial charge >= 0.3 is 5.97 Å². The largest absolute Gasteiger partial charge is 0.459 e. The van der Waals surface area contributed by atoms with E-state index in [1.54, 1.807) is 20.8 Å². The van der Waals surface area contributed by atoms with Crippen LogP contribution in [-0.2, 0) is 14.3 Å². The van der Waals surface area contributed by atoms with Gasteiger partial charge in [0.25, 0.3) is 0 Å². The van der Waals surface area contributed by atoms with E-state index in [0.29, 0.717) is 0 Å². The molecule has 14 heavy (non-hydrogen) atoms. The van der Waals surface area contributed by atoms with E-state index in [-0.39, 0.29) is 12.5 Å². The third-order valence-corrected chi connectivity index (χ3v) is 0.902. The van der Waals surface area contributed by atoms with E-state index >= 15 is 0 Å². The Kier molecular flexibility index (Phi) is 8.10. The van der Waals surface area contributed by atoms with Crippen LogP contribution < -0.4 is 5.32 Å². The van der Waals surface area contributed by atoms with Crippen molar-refractivity contribution in [2.45, 2.75) is 47.1 Å². The zero-order valence-electron chi connectivity index (χ0n) is 9.93. The fraction of sp³-hybridized carbons (Fsp3) is 0.800. The fourth-order valence-corrected chi connectivity index (χ4v) is 0.574. The molecule has 0 unspecified atom stereocenters. The fourth-order valence-electron chi connectivity index (χ4n) is 0.574. The van der Waals surface area contributed by atoms with Crippen LogP contribution >= 0.6 is 0 Å². The van der Waals surface area contributed by atoms with Gasteiger partial charge < -0.3 is 10.1 Å². The average Bonchev–Trinajstić information content (AvgIpc) is 2.02. The number of hydrogen-bond donors (Lipinski definition) is 1. The van der Waals surface area contributed by atoms with E-state index in [0.717, 1.165) is 0 Å². The van der Waals surface area contributed by atoms with Crippen LogP contribution in [0.4, 0.5) is 0 Å². The molecule has 0 bridgehead atoms. The third kappa shape index (κ3) is 13.5. The van der Waals surface area contributed by atoms with Gasteiger partial charge in [-0.1, -0.05) is 13.8 Å². The molecule has 0 saturated heterocycles. The van der Waals surface area contributed by atoms with Gasteiger partial charge in [-0.15, -0.1) is 0 Å². The molecule has 84 valence electrons. The van der Waals surface area contributed by atoms with Gasteiger partial charge in [0, 0.05) is 6.92 Å². The molecule has 1 N–H and O–H groups in total. The molecular formula is C10H21NO3. The highest BCUT2D eigenvalue weighted by Crippen LogP contribution is 2.05. The van der Waals surface area contributed by atoms with Gasteiger partial charge in [-0.3, -0.25) is 9.59 Å². The lowest BCUT2D eigenvalue weighted by Gasteiger charge is -2.19. The summed E-state index contributed by atoms with van der Waals surface area (Å²) in [5, 5.41) is 2.35. The van der Waals surface area contributed by atoms with Crippen molar-refractivity contribution >= 4 is 11.9 Å². The second-order valence-electron chi connectivity index (χ2n) is 3.50. The van der Waals surface area contributed by atoms with Gasteiger partial charge in [-0.2, -0.15) is 0 Å². The second kappa shape index (κ2) is 7.35. The highest BCUT2D eigenvalue weighted by Gasteiger charge is 2.15. The van der Waals surface area contributed by atoms with Gasteiger partial charge in [-0.05, 0) is 20.8 Å². The zero-order chi connectivity index (χ0) is 11.8. The SMILES string of the molecule is CC.CC(=O)NCC(=O)OC(C)(C)C. The Morgan fingerprint density at radius 2 is 1.64 bits per heavy atom. The monoisotopic (exact) mass is 203 g/mol. The summed E-state index contributed by atoms with van der Waals surface area (Å²) in [6, 6.07) is 0. The number of nitrogens with one attached hydrogen (secondary N) is 1. The van der Waals surface area contributed by atoms with Crippen LogP contribution in [0.15, 0.2) is 0 Å². The van der Waals surface area contributed by atoms with Gasteiger partial charge in [0.2, 0.25) is 5.91 Å². The molecule has 4 heteroatoms. The van der Waals surface area contributed by atoms with Gasteiger partial charge in [0.05, 0.1) is 0 Å². The summed E-state index contributed by atoms with van der Waals surface area (Å²) in [7, 11) is 0. The predicted octanol–water partition coefficient (Wildman–Crippen LogP) is 1.49. The molecule has 0 atom stereocenters. The van der Waals surface area contributed by atoms with Crippen LogP contribution in [0.2, 0.25) is 0 Å². The minimum atomic E-state index is -0.491. The summed E-state index contributed by atoms with van der Waals surface area (Å²) in [4.78, 5) is 21.3. The van der Waals surface area contributed by atoms with Gasteiger partial charge in [0.15, 0.2) is 0 Å². The first-order chi connectivity index (χ1) is 6.31. The number of carbonyl (C=O) groups is 2. The van der Waals surface area contributed by atoms with Gasteiger partial charge in [0.1, 0.15) is 12.1 Å². The molecule has 0 saturated carbocycles. The lowest BCUT2D eigenvalue weighted by atomic mass is 10.2. The maximum atomic E-state index is 10.9. The Bertz CT molecular complexity index is 182. The molecule has 0 radical (unpaired) electrons. The van der Waals surface area contributed by atoms with E-state index in [1.165, 1.54) is 6.92 Å². The molecular weight excluding hydrogens is 182 g/mol. The van der Waals surface area contributed by atoms with Crippen LogP contribution in [0.25, 0.3) is 0 Å². The van der Waals surface area contributed by atoms with Crippen LogP contribution in [-0.4, -0.2) is 24.0 Å². The lowest BCUT2D eigenvalue weighted by Crippen LogP contribution is -2.33. The number of carbonyl (C=O) groups excluding carboxylic acids is 2. The maximum Gasteiger partial charge on any atom is 0.325 e. The summed E-state index contributed by atoms with van der Waals surface area (Å²) < 4.78 is 4.93. The molecule has 0 aliphatic heterocycles. The average molecular weight is 203 g/mol. The van der Waals surface area contributed by atoms with Crippen LogP contribution in [0.5, 0.6) is 0 Å².